The molecule has 2 rings (SSSR count). The summed E-state index contributed by atoms with van der Waals surface area (Å²) in [7, 11) is -6.89. The molecule has 26 heavy (non-hydrogen) atoms. The molecule has 2 saturated heterocycles. The zero-order chi connectivity index (χ0) is 20.5. The number of hydrogen-bond acceptors (Lipinski definition) is 5. The number of rotatable bonds is 2. The molecule has 4 N–H and O–H groups in total. The van der Waals surface area contributed by atoms with Crippen molar-refractivity contribution >= 4 is 7.60 Å². The molecule has 2 fully saturated rings. The Morgan fingerprint density at radius 1 is 0.731 bits per heavy atom. The smallest absolute Gasteiger partial charge is 0.379 e. The fourth-order valence-corrected chi connectivity index (χ4v) is 1.88. The molecule has 0 aliphatic carbocycles. The zero-order valence-electron chi connectivity index (χ0n) is 13.4. The average Bonchev–Trinajstić information content (AvgIpc) is 2.57. The first kappa shape index (κ1) is 25.5. The molecule has 7 nitrogen and oxygen atoms in total. The second kappa shape index (κ2) is 10.7. The summed E-state index contributed by atoms with van der Waals surface area (Å²) in [5, 5.41) is 6.32. The van der Waals surface area contributed by atoms with Crippen LogP contribution in [-0.2, 0) is 14.0 Å². The van der Waals surface area contributed by atoms with Gasteiger partial charge in [0.05, 0.1) is 26.4 Å². The highest BCUT2D eigenvalue weighted by Crippen LogP contribution is 2.63. The molecule has 0 saturated carbocycles. The van der Waals surface area contributed by atoms with E-state index >= 15 is 0 Å². The molecule has 0 spiro atoms. The van der Waals surface area contributed by atoms with Gasteiger partial charge in [0.1, 0.15) is 0 Å². The van der Waals surface area contributed by atoms with Gasteiger partial charge in [-0.3, -0.25) is 4.57 Å². The Balaban J connectivity index is 0.000000421. The second-order valence-electron chi connectivity index (χ2n) is 4.88. The predicted octanol–water partition coefficient (Wildman–Crippen LogP) is 1.17. The SMILES string of the molecule is C1COCCN1.C1COCCN1.O=P(O)(O)C(F)(F)C(F)(F)C(F)(F)F. The van der Waals surface area contributed by atoms with E-state index in [4.69, 9.17) is 19.3 Å². The Bertz CT molecular complexity index is 404. The zero-order valence-corrected chi connectivity index (χ0v) is 14.3. The van der Waals surface area contributed by atoms with Gasteiger partial charge in [0.25, 0.3) is 0 Å². The fraction of sp³-hybridized carbons (Fsp3) is 1.00. The third-order valence-corrected chi connectivity index (χ3v) is 3.80. The summed E-state index contributed by atoms with van der Waals surface area (Å²) in [5.74, 6) is -6.78. The van der Waals surface area contributed by atoms with Crippen molar-refractivity contribution in [1.82, 2.24) is 10.6 Å². The van der Waals surface area contributed by atoms with Gasteiger partial charge in [0.2, 0.25) is 0 Å². The first-order chi connectivity index (χ1) is 11.8. The Kier molecular flexibility index (Phi) is 10.5. The number of ether oxygens (including phenoxy) is 2. The maximum atomic E-state index is 12.0. The summed E-state index contributed by atoms with van der Waals surface area (Å²) in [5.41, 5.74) is -6.47. The summed E-state index contributed by atoms with van der Waals surface area (Å²) in [6.07, 6.45) is -6.74. The van der Waals surface area contributed by atoms with E-state index in [1.807, 2.05) is 0 Å². The maximum absolute atomic E-state index is 12.0. The molecule has 2 aliphatic rings. The van der Waals surface area contributed by atoms with Crippen molar-refractivity contribution in [1.29, 1.82) is 0 Å². The highest BCUT2D eigenvalue weighted by molar-refractivity contribution is 7.53. The lowest BCUT2D eigenvalue weighted by molar-refractivity contribution is -0.335. The molecule has 0 amide bonds. The first-order valence-electron chi connectivity index (χ1n) is 7.20. The van der Waals surface area contributed by atoms with E-state index in [9.17, 15) is 35.3 Å². The summed E-state index contributed by atoms with van der Waals surface area (Å²) in [6, 6.07) is 0. The largest absolute Gasteiger partial charge is 0.460 e. The molecule has 0 aromatic rings. The molecule has 0 unspecified atom stereocenters. The van der Waals surface area contributed by atoms with Crippen molar-refractivity contribution in [2.45, 2.75) is 17.8 Å². The Hall–Kier alpha value is -0.500. The molecule has 2 heterocycles. The van der Waals surface area contributed by atoms with Gasteiger partial charge in [0, 0.05) is 26.2 Å². The van der Waals surface area contributed by atoms with Crippen LogP contribution in [0.25, 0.3) is 0 Å². The summed E-state index contributed by atoms with van der Waals surface area (Å²) >= 11 is 0. The second-order valence-corrected chi connectivity index (χ2v) is 6.53. The molecular formula is C11H20F7N2O5P. The highest BCUT2D eigenvalue weighted by atomic mass is 31.2. The number of alkyl halides is 7. The Morgan fingerprint density at radius 2 is 1.04 bits per heavy atom. The van der Waals surface area contributed by atoms with Gasteiger partial charge in [0.15, 0.2) is 0 Å². The third-order valence-electron chi connectivity index (χ3n) is 2.79. The van der Waals surface area contributed by atoms with Crippen molar-refractivity contribution in [2.24, 2.45) is 0 Å². The normalized spacial score (nSPS) is 19.6. The topological polar surface area (TPSA) is 100 Å². The molecular weight excluding hydrogens is 404 g/mol. The van der Waals surface area contributed by atoms with E-state index < -0.39 is 25.4 Å². The van der Waals surface area contributed by atoms with Gasteiger partial charge in [-0.15, -0.1) is 0 Å². The summed E-state index contributed by atoms with van der Waals surface area (Å²) in [4.78, 5) is 15.3. The van der Waals surface area contributed by atoms with Gasteiger partial charge in [-0.05, 0) is 0 Å². The minimum atomic E-state index is -6.89. The summed E-state index contributed by atoms with van der Waals surface area (Å²) in [6.45, 7) is 7.67. The lowest BCUT2D eigenvalue weighted by Crippen LogP contribution is -2.51. The van der Waals surface area contributed by atoms with E-state index in [1.54, 1.807) is 0 Å². The number of morpholine rings is 2. The fourth-order valence-electron chi connectivity index (χ4n) is 1.38. The minimum absolute atomic E-state index is 0.889. The van der Waals surface area contributed by atoms with Crippen LogP contribution in [0.1, 0.15) is 0 Å². The van der Waals surface area contributed by atoms with E-state index in [0.717, 1.165) is 52.6 Å². The lowest BCUT2D eigenvalue weighted by Gasteiger charge is -2.28. The van der Waals surface area contributed by atoms with Gasteiger partial charge < -0.3 is 29.9 Å². The standard InChI is InChI=1S/2C4H9NO.C3H2F7O3P/c2*1-3-6-4-2-5-1;4-1(5,2(6,7)8)3(9,10)14(11,12)13/h2*5H,1-4H2;(H2,11,12,13). The number of hydrogen-bond donors (Lipinski definition) is 4. The van der Waals surface area contributed by atoms with Crippen molar-refractivity contribution < 1.29 is 54.6 Å². The van der Waals surface area contributed by atoms with Crippen molar-refractivity contribution in [2.75, 3.05) is 52.6 Å². The van der Waals surface area contributed by atoms with Crippen molar-refractivity contribution in [3.05, 3.63) is 0 Å². The molecule has 0 radical (unpaired) electrons. The lowest BCUT2D eigenvalue weighted by atomic mass is 10.3. The molecule has 0 aromatic carbocycles. The average molecular weight is 424 g/mol. The molecule has 158 valence electrons. The van der Waals surface area contributed by atoms with Crippen LogP contribution >= 0.6 is 7.60 Å². The molecule has 0 aromatic heterocycles. The molecule has 0 bridgehead atoms. The molecule has 15 heteroatoms. The van der Waals surface area contributed by atoms with Gasteiger partial charge in [-0.2, -0.15) is 30.7 Å². The van der Waals surface area contributed by atoms with E-state index in [2.05, 4.69) is 10.6 Å². The van der Waals surface area contributed by atoms with Crippen LogP contribution in [0.2, 0.25) is 0 Å². The van der Waals surface area contributed by atoms with Crippen LogP contribution in [0.15, 0.2) is 0 Å². The molecule has 0 atom stereocenters. The number of halogens is 7. The Labute approximate surface area is 144 Å². The van der Waals surface area contributed by atoms with Crippen molar-refractivity contribution in [3.8, 4) is 0 Å². The van der Waals surface area contributed by atoms with Crippen LogP contribution < -0.4 is 10.6 Å². The predicted molar refractivity (Wildman–Crippen MR) is 75.4 cm³/mol. The number of nitrogens with one attached hydrogen (secondary N) is 2. The van der Waals surface area contributed by atoms with E-state index in [0.29, 0.717) is 0 Å². The first-order valence-corrected chi connectivity index (χ1v) is 8.81. The van der Waals surface area contributed by atoms with E-state index in [1.165, 1.54) is 0 Å². The summed E-state index contributed by atoms with van der Waals surface area (Å²) < 4.78 is 101. The van der Waals surface area contributed by atoms with Crippen LogP contribution in [0.4, 0.5) is 30.7 Å². The van der Waals surface area contributed by atoms with E-state index in [-0.39, 0.29) is 0 Å². The Morgan fingerprint density at radius 3 is 1.12 bits per heavy atom. The van der Waals surface area contributed by atoms with Crippen LogP contribution in [0.3, 0.4) is 0 Å². The maximum Gasteiger partial charge on any atom is 0.460 e. The van der Waals surface area contributed by atoms with Crippen LogP contribution in [0, 0.1) is 0 Å². The van der Waals surface area contributed by atoms with Crippen LogP contribution in [0.5, 0.6) is 0 Å². The van der Waals surface area contributed by atoms with Gasteiger partial charge in [-0.1, -0.05) is 0 Å². The third kappa shape index (κ3) is 8.03. The minimum Gasteiger partial charge on any atom is -0.379 e. The quantitative estimate of drug-likeness (QED) is 0.390. The highest BCUT2D eigenvalue weighted by Gasteiger charge is 2.79. The monoisotopic (exact) mass is 424 g/mol. The van der Waals surface area contributed by atoms with Crippen LogP contribution in [-0.4, -0.2) is 80.2 Å². The van der Waals surface area contributed by atoms with Crippen molar-refractivity contribution in [3.63, 3.8) is 0 Å². The van der Waals surface area contributed by atoms with Gasteiger partial charge >= 0.3 is 25.4 Å². The molecule has 2 aliphatic heterocycles. The van der Waals surface area contributed by atoms with Gasteiger partial charge in [-0.25, -0.2) is 0 Å².